The van der Waals surface area contributed by atoms with Crippen molar-refractivity contribution in [2.45, 2.75) is 43.7 Å². The topological polar surface area (TPSA) is 61.0 Å². The Bertz CT molecular complexity index is 1200. The minimum absolute atomic E-state index is 0.250. The number of hydrogen-bond acceptors (Lipinski definition) is 6. The van der Waals surface area contributed by atoms with E-state index in [1.807, 2.05) is 35.2 Å². The summed E-state index contributed by atoms with van der Waals surface area (Å²) in [5, 5.41) is 14.8. The smallest absolute Gasteiger partial charge is 0.191 e. The number of rotatable bonds is 9. The number of aromatic nitrogens is 5. The van der Waals surface area contributed by atoms with Gasteiger partial charge in [0.2, 0.25) is 0 Å². The molecule has 4 aromatic rings. The molecule has 7 nitrogen and oxygen atoms in total. The molecule has 0 saturated carbocycles. The largest absolute Gasteiger partial charge is 0.376 e. The molecule has 2 aromatic carbocycles. The van der Waals surface area contributed by atoms with Crippen LogP contribution >= 0.6 is 11.8 Å². The molecule has 0 spiro atoms. The second-order valence-corrected chi connectivity index (χ2v) is 9.44. The molecule has 176 valence electrons. The van der Waals surface area contributed by atoms with Gasteiger partial charge < -0.3 is 9.30 Å². The maximum Gasteiger partial charge on any atom is 0.191 e. The Kier molecular flexibility index (Phi) is 7.08. The Morgan fingerprint density at radius 1 is 1.03 bits per heavy atom. The van der Waals surface area contributed by atoms with Crippen molar-refractivity contribution >= 4 is 11.8 Å². The van der Waals surface area contributed by atoms with E-state index in [2.05, 4.69) is 69.3 Å². The Hall–Kier alpha value is -2.94. The maximum atomic E-state index is 5.88. The van der Waals surface area contributed by atoms with Gasteiger partial charge in [-0.15, -0.1) is 10.2 Å². The van der Waals surface area contributed by atoms with Crippen LogP contribution in [0.25, 0.3) is 16.9 Å². The van der Waals surface area contributed by atoms with Crippen LogP contribution in [0.15, 0.2) is 72.0 Å². The molecular weight excluding hydrogens is 444 g/mol. The summed E-state index contributed by atoms with van der Waals surface area (Å²) in [6, 6.07) is 20.6. The van der Waals surface area contributed by atoms with E-state index in [4.69, 9.17) is 9.84 Å². The zero-order valence-electron chi connectivity index (χ0n) is 19.7. The van der Waals surface area contributed by atoms with Crippen LogP contribution in [0, 0.1) is 0 Å². The number of benzene rings is 2. The van der Waals surface area contributed by atoms with E-state index in [0.717, 1.165) is 60.5 Å². The number of para-hydroxylation sites is 1. The highest BCUT2D eigenvalue weighted by Crippen LogP contribution is 2.26. The molecule has 1 aliphatic heterocycles. The lowest BCUT2D eigenvalue weighted by atomic mass is 10.1. The first kappa shape index (κ1) is 22.8. The Balaban J connectivity index is 1.39. The second kappa shape index (κ2) is 10.5. The lowest BCUT2D eigenvalue weighted by Gasteiger charge is -2.19. The molecule has 1 atom stereocenters. The first-order valence-corrected chi connectivity index (χ1v) is 12.9. The average molecular weight is 475 g/mol. The summed E-state index contributed by atoms with van der Waals surface area (Å²) in [4.78, 5) is 2.28. The van der Waals surface area contributed by atoms with Gasteiger partial charge in [0.15, 0.2) is 5.16 Å². The molecule has 1 saturated heterocycles. The molecule has 0 amide bonds. The van der Waals surface area contributed by atoms with Crippen LogP contribution in [-0.2, 0) is 24.4 Å². The fourth-order valence-electron chi connectivity index (χ4n) is 4.43. The van der Waals surface area contributed by atoms with E-state index < -0.39 is 0 Å². The van der Waals surface area contributed by atoms with Crippen molar-refractivity contribution in [1.29, 1.82) is 0 Å². The summed E-state index contributed by atoms with van der Waals surface area (Å²) in [5.41, 5.74) is 4.34. The lowest BCUT2D eigenvalue weighted by Crippen LogP contribution is -2.23. The minimum Gasteiger partial charge on any atom is -0.376 e. The molecule has 0 N–H and O–H groups in total. The summed E-state index contributed by atoms with van der Waals surface area (Å²) in [6.07, 6.45) is 6.66. The molecule has 0 unspecified atom stereocenters. The number of nitrogens with zero attached hydrogens (tertiary/aromatic N) is 6. The quantitative estimate of drug-likeness (QED) is 0.329. The van der Waals surface area contributed by atoms with Gasteiger partial charge >= 0.3 is 0 Å². The Morgan fingerprint density at radius 3 is 2.50 bits per heavy atom. The first-order valence-electron chi connectivity index (χ1n) is 11.7. The lowest BCUT2D eigenvalue weighted by molar-refractivity contribution is 0.0934. The molecular formula is C26H30N6OS. The van der Waals surface area contributed by atoms with Crippen molar-refractivity contribution in [2.75, 3.05) is 19.9 Å². The molecule has 1 fully saturated rings. The summed E-state index contributed by atoms with van der Waals surface area (Å²) < 4.78 is 10.1. The highest BCUT2D eigenvalue weighted by molar-refractivity contribution is 7.98. The number of hydrogen-bond donors (Lipinski definition) is 0. The second-order valence-electron chi connectivity index (χ2n) is 8.67. The van der Waals surface area contributed by atoms with Gasteiger partial charge in [-0.3, -0.25) is 4.90 Å². The summed E-state index contributed by atoms with van der Waals surface area (Å²) in [5.74, 6) is 0.971. The molecule has 2 aromatic heterocycles. The first-order chi connectivity index (χ1) is 16.7. The van der Waals surface area contributed by atoms with Crippen LogP contribution in [0.3, 0.4) is 0 Å². The van der Waals surface area contributed by atoms with Gasteiger partial charge in [-0.1, -0.05) is 60.3 Å². The van der Waals surface area contributed by atoms with Crippen LogP contribution in [-0.4, -0.2) is 55.5 Å². The van der Waals surface area contributed by atoms with Crippen molar-refractivity contribution in [3.8, 4) is 16.9 Å². The summed E-state index contributed by atoms with van der Waals surface area (Å²) in [7, 11) is 2.12. The van der Waals surface area contributed by atoms with Crippen LogP contribution in [0.2, 0.25) is 0 Å². The van der Waals surface area contributed by atoms with Crippen molar-refractivity contribution < 1.29 is 4.74 Å². The predicted molar refractivity (Wildman–Crippen MR) is 135 cm³/mol. The zero-order chi connectivity index (χ0) is 23.3. The van der Waals surface area contributed by atoms with Gasteiger partial charge in [0.05, 0.1) is 30.6 Å². The van der Waals surface area contributed by atoms with Gasteiger partial charge in [0.1, 0.15) is 5.82 Å². The summed E-state index contributed by atoms with van der Waals surface area (Å²) in [6.45, 7) is 3.11. The standard InChI is InChI=1S/C26H30N6OS/c1-30(19-24-27-28-26(34-2)31(24)18-23-14-9-15-33-23)16-21-17-32(22-12-7-4-8-13-22)29-25(21)20-10-5-3-6-11-20/h3-8,10-13,17,23H,9,14-16,18-19H2,1-2H3/t23-/m1/s1. The highest BCUT2D eigenvalue weighted by atomic mass is 32.2. The van der Waals surface area contributed by atoms with Gasteiger partial charge in [-0.05, 0) is 38.3 Å². The molecule has 34 heavy (non-hydrogen) atoms. The zero-order valence-corrected chi connectivity index (χ0v) is 20.5. The highest BCUT2D eigenvalue weighted by Gasteiger charge is 2.22. The van der Waals surface area contributed by atoms with E-state index in [0.29, 0.717) is 6.54 Å². The van der Waals surface area contributed by atoms with E-state index in [1.165, 1.54) is 5.56 Å². The normalized spacial score (nSPS) is 15.9. The van der Waals surface area contributed by atoms with Gasteiger partial charge in [0, 0.05) is 30.5 Å². The third kappa shape index (κ3) is 5.09. The van der Waals surface area contributed by atoms with Crippen molar-refractivity contribution in [3.63, 3.8) is 0 Å². The molecule has 5 rings (SSSR count). The maximum absolute atomic E-state index is 5.88. The Morgan fingerprint density at radius 2 is 1.79 bits per heavy atom. The van der Waals surface area contributed by atoms with E-state index in [9.17, 15) is 0 Å². The van der Waals surface area contributed by atoms with Crippen LogP contribution < -0.4 is 0 Å². The molecule has 3 heterocycles. The third-order valence-corrected chi connectivity index (χ3v) is 6.76. The van der Waals surface area contributed by atoms with Crippen molar-refractivity contribution in [1.82, 2.24) is 29.4 Å². The number of ether oxygens (including phenoxy) is 1. The number of thioether (sulfide) groups is 1. The SMILES string of the molecule is CSc1nnc(CN(C)Cc2cn(-c3ccccc3)nc2-c2ccccc2)n1C[C@H]1CCCO1. The predicted octanol–water partition coefficient (Wildman–Crippen LogP) is 4.66. The minimum atomic E-state index is 0.250. The molecule has 0 radical (unpaired) electrons. The third-order valence-electron chi connectivity index (χ3n) is 6.10. The molecule has 8 heteroatoms. The average Bonchev–Trinajstić information content (AvgIpc) is 3.62. The Labute approximate surface area is 204 Å². The molecule has 0 bridgehead atoms. The van der Waals surface area contributed by atoms with Gasteiger partial charge in [0.25, 0.3) is 0 Å². The van der Waals surface area contributed by atoms with Gasteiger partial charge in [-0.2, -0.15) is 5.10 Å². The fourth-order valence-corrected chi connectivity index (χ4v) is 4.95. The van der Waals surface area contributed by atoms with E-state index in [-0.39, 0.29) is 6.10 Å². The summed E-state index contributed by atoms with van der Waals surface area (Å²) >= 11 is 1.63. The molecule has 1 aliphatic rings. The van der Waals surface area contributed by atoms with Crippen LogP contribution in [0.1, 0.15) is 24.2 Å². The van der Waals surface area contributed by atoms with Crippen molar-refractivity contribution in [2.24, 2.45) is 0 Å². The van der Waals surface area contributed by atoms with Crippen LogP contribution in [0.5, 0.6) is 0 Å². The van der Waals surface area contributed by atoms with E-state index in [1.54, 1.807) is 11.8 Å². The monoisotopic (exact) mass is 474 g/mol. The van der Waals surface area contributed by atoms with Crippen molar-refractivity contribution in [3.05, 3.63) is 78.2 Å². The van der Waals surface area contributed by atoms with Crippen LogP contribution in [0.4, 0.5) is 0 Å². The molecule has 0 aliphatic carbocycles. The van der Waals surface area contributed by atoms with Gasteiger partial charge in [-0.25, -0.2) is 4.68 Å². The fraction of sp³-hybridized carbons (Fsp3) is 0.346. The van der Waals surface area contributed by atoms with E-state index >= 15 is 0 Å².